The highest BCUT2D eigenvalue weighted by molar-refractivity contribution is 14.1. The zero-order valence-corrected chi connectivity index (χ0v) is 29.9. The maximum atomic E-state index is 12.4. The van der Waals surface area contributed by atoms with Crippen molar-refractivity contribution in [3.8, 4) is 17.2 Å². The average molecular weight is 858 g/mol. The van der Waals surface area contributed by atoms with E-state index in [0.29, 0.717) is 41.7 Å². The SMILES string of the molecule is CCOc1cc([C@H]2NC(=O)NC(C)=C2C(=O)OC)ccc1OC[C@H](O)N/N=C\c1cc(Br)c(OCc2ccc(I)cc2)c(Br)c1. The first-order valence-electron chi connectivity index (χ1n) is 13.7. The van der Waals surface area contributed by atoms with Crippen molar-refractivity contribution in [2.24, 2.45) is 5.10 Å². The number of hydrogen-bond donors (Lipinski definition) is 4. The van der Waals surface area contributed by atoms with Crippen LogP contribution in [0.1, 0.15) is 36.6 Å². The number of esters is 1. The third-order valence-electron chi connectivity index (χ3n) is 6.43. The Labute approximate surface area is 291 Å². The number of hydrazone groups is 1. The van der Waals surface area contributed by atoms with Gasteiger partial charge in [0.25, 0.3) is 0 Å². The standard InChI is InChI=1S/C31H31Br2IN4O7/c1-4-43-25-13-20(28-27(30(40)42-3)17(2)36-31(41)37-28)7-10-24(25)44-16-26(39)38-35-14-19-11-22(32)29(23(33)12-19)45-15-18-5-8-21(34)9-6-18/h5-14,26,28,38-39H,4,15-16H2,1-3H3,(H2,36,37,41)/b35-14-/t26-,28+/m0/s1. The van der Waals surface area contributed by atoms with E-state index < -0.39 is 24.3 Å². The Morgan fingerprint density at radius 1 is 1.09 bits per heavy atom. The summed E-state index contributed by atoms with van der Waals surface area (Å²) in [5.74, 6) is 0.831. The highest BCUT2D eigenvalue weighted by Gasteiger charge is 2.32. The van der Waals surface area contributed by atoms with Gasteiger partial charge in [-0.05, 0) is 121 Å². The second-order valence-corrected chi connectivity index (χ2v) is 12.6. The van der Waals surface area contributed by atoms with Crippen molar-refractivity contribution in [3.63, 3.8) is 0 Å². The van der Waals surface area contributed by atoms with Crippen molar-refractivity contribution in [1.29, 1.82) is 0 Å². The fourth-order valence-electron chi connectivity index (χ4n) is 4.35. The van der Waals surface area contributed by atoms with E-state index >= 15 is 0 Å². The number of carbonyl (C=O) groups is 2. The number of nitrogens with one attached hydrogen (secondary N) is 3. The van der Waals surface area contributed by atoms with Gasteiger partial charge in [0, 0.05) is 9.27 Å². The maximum absolute atomic E-state index is 12.4. The van der Waals surface area contributed by atoms with Crippen LogP contribution in [0.2, 0.25) is 0 Å². The molecule has 4 rings (SSSR count). The summed E-state index contributed by atoms with van der Waals surface area (Å²) in [5, 5.41) is 19.9. The fraction of sp³-hybridized carbons (Fsp3) is 0.258. The molecule has 1 aliphatic rings. The first-order valence-corrected chi connectivity index (χ1v) is 16.3. The smallest absolute Gasteiger partial charge is 0.337 e. The largest absolute Gasteiger partial charge is 0.490 e. The van der Waals surface area contributed by atoms with E-state index in [2.05, 4.69) is 75.6 Å². The highest BCUT2D eigenvalue weighted by Crippen LogP contribution is 2.36. The van der Waals surface area contributed by atoms with Gasteiger partial charge in [-0.15, -0.1) is 0 Å². The quantitative estimate of drug-likeness (QED) is 0.0547. The molecule has 0 bridgehead atoms. The molecule has 0 radical (unpaired) electrons. The van der Waals surface area contributed by atoms with Crippen molar-refractivity contribution in [2.75, 3.05) is 20.3 Å². The Hall–Kier alpha value is -3.34. The molecule has 0 aliphatic carbocycles. The first-order chi connectivity index (χ1) is 21.6. The molecule has 2 amide bonds. The monoisotopic (exact) mass is 856 g/mol. The van der Waals surface area contributed by atoms with Gasteiger partial charge in [0.05, 0.1) is 40.5 Å². The molecule has 0 saturated heterocycles. The van der Waals surface area contributed by atoms with E-state index in [1.165, 1.54) is 7.11 Å². The number of aliphatic hydroxyl groups is 1. The van der Waals surface area contributed by atoms with E-state index in [1.54, 1.807) is 31.3 Å². The Balaban J connectivity index is 1.37. The maximum Gasteiger partial charge on any atom is 0.337 e. The van der Waals surface area contributed by atoms with Crippen LogP contribution in [0, 0.1) is 3.57 Å². The van der Waals surface area contributed by atoms with E-state index in [0.717, 1.165) is 23.6 Å². The summed E-state index contributed by atoms with van der Waals surface area (Å²) in [4.78, 5) is 24.6. The van der Waals surface area contributed by atoms with Gasteiger partial charge in [-0.3, -0.25) is 5.43 Å². The van der Waals surface area contributed by atoms with Gasteiger partial charge >= 0.3 is 12.0 Å². The molecule has 11 nitrogen and oxygen atoms in total. The summed E-state index contributed by atoms with van der Waals surface area (Å²) >= 11 is 9.37. The minimum atomic E-state index is -1.14. The van der Waals surface area contributed by atoms with Crippen LogP contribution < -0.4 is 30.3 Å². The number of nitrogens with zero attached hydrogens (tertiary/aromatic N) is 1. The molecule has 1 heterocycles. The van der Waals surface area contributed by atoms with E-state index in [4.69, 9.17) is 18.9 Å². The lowest BCUT2D eigenvalue weighted by atomic mass is 9.95. The molecular formula is C31H31Br2IN4O7. The summed E-state index contributed by atoms with van der Waals surface area (Å²) in [7, 11) is 1.28. The van der Waals surface area contributed by atoms with Crippen LogP contribution in [0.15, 0.2) is 79.9 Å². The summed E-state index contributed by atoms with van der Waals surface area (Å²) in [6, 6.07) is 15.6. The number of hydrogen-bond acceptors (Lipinski definition) is 9. The molecule has 1 aliphatic heterocycles. The van der Waals surface area contributed by atoms with Crippen LogP contribution in [-0.4, -0.2) is 49.9 Å². The molecule has 4 N–H and O–H groups in total. The second kappa shape index (κ2) is 16.3. The molecule has 3 aromatic rings. The van der Waals surface area contributed by atoms with Gasteiger partial charge in [0.1, 0.15) is 19.0 Å². The lowest BCUT2D eigenvalue weighted by Gasteiger charge is -2.28. The molecule has 0 fully saturated rings. The zero-order valence-electron chi connectivity index (χ0n) is 24.5. The Bertz CT molecular complexity index is 1580. The number of ether oxygens (including phenoxy) is 4. The number of amides is 2. The fourth-order valence-corrected chi connectivity index (χ4v) is 6.16. The van der Waals surface area contributed by atoms with Crippen molar-refractivity contribution in [1.82, 2.24) is 16.1 Å². The summed E-state index contributed by atoms with van der Waals surface area (Å²) in [5.41, 5.74) is 5.71. The molecule has 0 spiro atoms. The van der Waals surface area contributed by atoms with Crippen LogP contribution in [0.25, 0.3) is 0 Å². The molecule has 0 unspecified atom stereocenters. The minimum absolute atomic E-state index is 0.147. The number of methoxy groups -OCH3 is 1. The summed E-state index contributed by atoms with van der Waals surface area (Å²) in [6.07, 6.45) is 0.420. The Kier molecular flexibility index (Phi) is 12.5. The zero-order chi connectivity index (χ0) is 32.5. The van der Waals surface area contributed by atoms with Gasteiger partial charge in [-0.1, -0.05) is 18.2 Å². The first kappa shape index (κ1) is 34.5. The lowest BCUT2D eigenvalue weighted by Crippen LogP contribution is -2.45. The normalized spacial score (nSPS) is 15.3. The third-order valence-corrected chi connectivity index (χ3v) is 8.32. The van der Waals surface area contributed by atoms with Gasteiger partial charge in [-0.2, -0.15) is 5.10 Å². The van der Waals surface area contributed by atoms with Crippen molar-refractivity contribution < 1.29 is 33.6 Å². The predicted octanol–water partition coefficient (Wildman–Crippen LogP) is 5.92. The molecule has 0 aromatic heterocycles. The molecule has 45 heavy (non-hydrogen) atoms. The predicted molar refractivity (Wildman–Crippen MR) is 184 cm³/mol. The number of allylic oxidation sites excluding steroid dienone is 1. The van der Waals surface area contributed by atoms with Crippen LogP contribution in [0.5, 0.6) is 17.2 Å². The number of rotatable bonds is 13. The van der Waals surface area contributed by atoms with Crippen molar-refractivity contribution in [3.05, 3.63) is 95.1 Å². The molecule has 0 saturated carbocycles. The van der Waals surface area contributed by atoms with Crippen molar-refractivity contribution in [2.45, 2.75) is 32.7 Å². The molecule has 238 valence electrons. The molecule has 3 aromatic carbocycles. The number of carbonyl (C=O) groups excluding carboxylic acids is 2. The summed E-state index contributed by atoms with van der Waals surface area (Å²) < 4.78 is 25.1. The van der Waals surface area contributed by atoms with Gasteiger partial charge < -0.3 is 34.7 Å². The van der Waals surface area contributed by atoms with Gasteiger partial charge in [-0.25, -0.2) is 9.59 Å². The van der Waals surface area contributed by atoms with Gasteiger partial charge in [0.15, 0.2) is 17.7 Å². The lowest BCUT2D eigenvalue weighted by molar-refractivity contribution is -0.136. The van der Waals surface area contributed by atoms with Crippen LogP contribution in [-0.2, 0) is 16.1 Å². The Morgan fingerprint density at radius 3 is 2.47 bits per heavy atom. The van der Waals surface area contributed by atoms with Gasteiger partial charge in [0.2, 0.25) is 0 Å². The number of aliphatic hydroxyl groups excluding tert-OH is 1. The molecule has 2 atom stereocenters. The molecule has 14 heteroatoms. The number of halogens is 3. The van der Waals surface area contributed by atoms with Crippen LogP contribution in [0.4, 0.5) is 4.79 Å². The van der Waals surface area contributed by atoms with Crippen LogP contribution >= 0.6 is 54.5 Å². The van der Waals surface area contributed by atoms with E-state index in [-0.39, 0.29) is 12.2 Å². The third kappa shape index (κ3) is 9.34. The van der Waals surface area contributed by atoms with Crippen molar-refractivity contribution >= 4 is 72.7 Å². The minimum Gasteiger partial charge on any atom is -0.490 e. The summed E-state index contributed by atoms with van der Waals surface area (Å²) in [6.45, 7) is 4.05. The highest BCUT2D eigenvalue weighted by atomic mass is 127. The Morgan fingerprint density at radius 2 is 1.80 bits per heavy atom. The van der Waals surface area contributed by atoms with Crippen LogP contribution in [0.3, 0.4) is 0 Å². The number of benzene rings is 3. The molecular weight excluding hydrogens is 827 g/mol. The second-order valence-electron chi connectivity index (χ2n) is 9.64. The average Bonchev–Trinajstić information content (AvgIpc) is 3.00. The van der Waals surface area contributed by atoms with E-state index in [1.807, 2.05) is 43.3 Å². The number of urea groups is 1. The topological polar surface area (TPSA) is 140 Å². The van der Waals surface area contributed by atoms with E-state index in [9.17, 15) is 14.7 Å².